The lowest BCUT2D eigenvalue weighted by molar-refractivity contribution is 0.0995. The van der Waals surface area contributed by atoms with Gasteiger partial charge in [0.2, 0.25) is 5.95 Å². The SMILES string of the molecule is CCCCNc1ccc(-c2ccnc(Nc3cccc(OC)c3)n2)c2c1C(=O)CC2. The zero-order chi connectivity index (χ0) is 20.9. The molecule has 2 N–H and O–H groups in total. The Kier molecular flexibility index (Phi) is 5.93. The second-order valence-corrected chi connectivity index (χ2v) is 7.34. The minimum absolute atomic E-state index is 0.203. The third kappa shape index (κ3) is 4.13. The molecule has 0 unspecified atom stereocenters. The smallest absolute Gasteiger partial charge is 0.227 e. The van der Waals surface area contributed by atoms with Crippen molar-refractivity contribution in [3.8, 4) is 17.0 Å². The van der Waals surface area contributed by atoms with Crippen LogP contribution in [0.1, 0.15) is 42.1 Å². The Bertz CT molecular complexity index is 1060. The summed E-state index contributed by atoms with van der Waals surface area (Å²) in [4.78, 5) is 21.6. The molecule has 0 saturated carbocycles. The largest absolute Gasteiger partial charge is 0.497 e. The van der Waals surface area contributed by atoms with Crippen LogP contribution in [0.4, 0.5) is 17.3 Å². The van der Waals surface area contributed by atoms with Gasteiger partial charge in [0.05, 0.1) is 12.8 Å². The Balaban J connectivity index is 1.64. The topological polar surface area (TPSA) is 76.1 Å². The van der Waals surface area contributed by atoms with Crippen molar-refractivity contribution in [3.63, 3.8) is 0 Å². The summed E-state index contributed by atoms with van der Waals surface area (Å²) in [6.45, 7) is 3.03. The molecule has 1 aliphatic rings. The lowest BCUT2D eigenvalue weighted by atomic mass is 9.98. The number of hydrogen-bond donors (Lipinski definition) is 2. The summed E-state index contributed by atoms with van der Waals surface area (Å²) < 4.78 is 5.27. The molecule has 4 rings (SSSR count). The number of Topliss-reactive ketones (excluding diaryl/α,β-unsaturated/α-hetero) is 1. The molecule has 1 heterocycles. The van der Waals surface area contributed by atoms with E-state index in [4.69, 9.17) is 9.72 Å². The molecule has 0 bridgehead atoms. The van der Waals surface area contributed by atoms with Gasteiger partial charge in [0, 0.05) is 47.7 Å². The summed E-state index contributed by atoms with van der Waals surface area (Å²) in [7, 11) is 1.64. The van der Waals surface area contributed by atoms with Crippen LogP contribution in [-0.2, 0) is 6.42 Å². The number of carbonyl (C=O) groups is 1. The first kappa shape index (κ1) is 19.9. The molecule has 6 heteroatoms. The maximum Gasteiger partial charge on any atom is 0.227 e. The van der Waals surface area contributed by atoms with E-state index in [2.05, 4.69) is 28.6 Å². The first-order valence-corrected chi connectivity index (χ1v) is 10.4. The second-order valence-electron chi connectivity index (χ2n) is 7.34. The molecule has 0 amide bonds. The van der Waals surface area contributed by atoms with E-state index >= 15 is 0 Å². The average molecular weight is 402 g/mol. The molecule has 2 aromatic carbocycles. The Morgan fingerprint density at radius 2 is 2.03 bits per heavy atom. The zero-order valence-electron chi connectivity index (χ0n) is 17.4. The van der Waals surface area contributed by atoms with Crippen LogP contribution in [0.25, 0.3) is 11.3 Å². The van der Waals surface area contributed by atoms with Crippen LogP contribution >= 0.6 is 0 Å². The summed E-state index contributed by atoms with van der Waals surface area (Å²) in [6, 6.07) is 13.6. The lowest BCUT2D eigenvalue weighted by Gasteiger charge is -2.14. The van der Waals surface area contributed by atoms with Gasteiger partial charge in [0.15, 0.2) is 5.78 Å². The maximum absolute atomic E-state index is 12.6. The molecular formula is C24H26N4O2. The van der Waals surface area contributed by atoms with E-state index < -0.39 is 0 Å². The van der Waals surface area contributed by atoms with Crippen LogP contribution in [0, 0.1) is 0 Å². The molecular weight excluding hydrogens is 376 g/mol. The van der Waals surface area contributed by atoms with E-state index in [1.165, 1.54) is 0 Å². The van der Waals surface area contributed by atoms with Crippen LogP contribution in [0.2, 0.25) is 0 Å². The minimum atomic E-state index is 0.203. The first-order chi connectivity index (χ1) is 14.7. The summed E-state index contributed by atoms with van der Waals surface area (Å²) in [5, 5.41) is 6.66. The molecule has 3 aromatic rings. The monoisotopic (exact) mass is 402 g/mol. The number of unbranched alkanes of at least 4 members (excludes halogenated alkanes) is 1. The molecule has 0 atom stereocenters. The average Bonchev–Trinajstić information content (AvgIpc) is 3.16. The van der Waals surface area contributed by atoms with Gasteiger partial charge < -0.3 is 15.4 Å². The normalized spacial score (nSPS) is 12.5. The summed E-state index contributed by atoms with van der Waals surface area (Å²) in [5.74, 6) is 1.47. The van der Waals surface area contributed by atoms with Gasteiger partial charge in [-0.05, 0) is 42.7 Å². The number of nitrogens with zero attached hydrogens (tertiary/aromatic N) is 2. The summed E-state index contributed by atoms with van der Waals surface area (Å²) in [5.41, 5.74) is 5.49. The Morgan fingerprint density at radius 1 is 1.13 bits per heavy atom. The number of methoxy groups -OCH3 is 1. The molecule has 1 aromatic heterocycles. The van der Waals surface area contributed by atoms with Gasteiger partial charge in [-0.25, -0.2) is 9.97 Å². The van der Waals surface area contributed by atoms with E-state index in [-0.39, 0.29) is 5.78 Å². The third-order valence-electron chi connectivity index (χ3n) is 5.30. The number of carbonyl (C=O) groups excluding carboxylic acids is 1. The Morgan fingerprint density at radius 3 is 2.87 bits per heavy atom. The molecule has 0 radical (unpaired) electrons. The number of rotatable bonds is 8. The highest BCUT2D eigenvalue weighted by Gasteiger charge is 2.26. The van der Waals surface area contributed by atoms with Crippen LogP contribution < -0.4 is 15.4 Å². The van der Waals surface area contributed by atoms with E-state index in [1.807, 2.05) is 36.4 Å². The van der Waals surface area contributed by atoms with Crippen molar-refractivity contribution in [1.82, 2.24) is 9.97 Å². The number of aromatic nitrogens is 2. The van der Waals surface area contributed by atoms with Crippen LogP contribution in [0.15, 0.2) is 48.7 Å². The summed E-state index contributed by atoms with van der Waals surface area (Å²) >= 11 is 0. The first-order valence-electron chi connectivity index (χ1n) is 10.4. The molecule has 0 fully saturated rings. The highest BCUT2D eigenvalue weighted by Crippen LogP contribution is 2.36. The van der Waals surface area contributed by atoms with Gasteiger partial charge in [-0.1, -0.05) is 25.5 Å². The van der Waals surface area contributed by atoms with Gasteiger partial charge in [0.25, 0.3) is 0 Å². The predicted octanol–water partition coefficient (Wildman–Crippen LogP) is 5.24. The lowest BCUT2D eigenvalue weighted by Crippen LogP contribution is -2.07. The molecule has 1 aliphatic carbocycles. The molecule has 0 saturated heterocycles. The van der Waals surface area contributed by atoms with Gasteiger partial charge >= 0.3 is 0 Å². The number of ether oxygens (including phenoxy) is 1. The van der Waals surface area contributed by atoms with Crippen molar-refractivity contribution in [2.45, 2.75) is 32.6 Å². The Labute approximate surface area is 176 Å². The van der Waals surface area contributed by atoms with Crippen molar-refractivity contribution >= 4 is 23.1 Å². The fourth-order valence-corrected chi connectivity index (χ4v) is 3.78. The molecule has 30 heavy (non-hydrogen) atoms. The van der Waals surface area contributed by atoms with Crippen LogP contribution in [-0.4, -0.2) is 29.4 Å². The Hall–Kier alpha value is -3.41. The fraction of sp³-hybridized carbons (Fsp3) is 0.292. The van der Waals surface area contributed by atoms with Crippen LogP contribution in [0.5, 0.6) is 5.75 Å². The second kappa shape index (κ2) is 8.95. The van der Waals surface area contributed by atoms with Gasteiger partial charge in [0.1, 0.15) is 5.75 Å². The standard InChI is InChI=1S/C24H26N4O2/c1-3-4-13-25-21-10-8-18(19-9-11-22(29)23(19)21)20-12-14-26-24(28-20)27-16-6-5-7-17(15-16)30-2/h5-8,10,12,14-15,25H,3-4,9,11,13H2,1-2H3,(H,26,27,28). The molecule has 6 nitrogen and oxygen atoms in total. The van der Waals surface area contributed by atoms with Gasteiger partial charge in [-0.15, -0.1) is 0 Å². The van der Waals surface area contributed by atoms with E-state index in [0.717, 1.165) is 65.3 Å². The van der Waals surface area contributed by atoms with Crippen LogP contribution in [0.3, 0.4) is 0 Å². The van der Waals surface area contributed by atoms with E-state index in [0.29, 0.717) is 12.4 Å². The van der Waals surface area contributed by atoms with Crippen molar-refractivity contribution < 1.29 is 9.53 Å². The highest BCUT2D eigenvalue weighted by molar-refractivity contribution is 6.07. The summed E-state index contributed by atoms with van der Waals surface area (Å²) in [6.07, 6.45) is 5.23. The highest BCUT2D eigenvalue weighted by atomic mass is 16.5. The van der Waals surface area contributed by atoms with Crippen molar-refractivity contribution in [2.24, 2.45) is 0 Å². The minimum Gasteiger partial charge on any atom is -0.497 e. The van der Waals surface area contributed by atoms with E-state index in [1.54, 1.807) is 13.3 Å². The maximum atomic E-state index is 12.6. The number of benzene rings is 2. The van der Waals surface area contributed by atoms with Gasteiger partial charge in [-0.2, -0.15) is 0 Å². The van der Waals surface area contributed by atoms with Crippen molar-refractivity contribution in [3.05, 3.63) is 59.8 Å². The number of anilines is 3. The molecule has 0 spiro atoms. The van der Waals surface area contributed by atoms with Crippen molar-refractivity contribution in [1.29, 1.82) is 0 Å². The predicted molar refractivity (Wildman–Crippen MR) is 120 cm³/mol. The quantitative estimate of drug-likeness (QED) is 0.502. The van der Waals surface area contributed by atoms with Crippen molar-refractivity contribution in [2.75, 3.05) is 24.3 Å². The van der Waals surface area contributed by atoms with E-state index in [9.17, 15) is 4.79 Å². The van der Waals surface area contributed by atoms with Gasteiger partial charge in [-0.3, -0.25) is 4.79 Å². The molecule has 0 aliphatic heterocycles. The number of fused-ring (bicyclic) bond motifs is 1. The molecule has 154 valence electrons. The fourth-order valence-electron chi connectivity index (χ4n) is 3.78. The number of hydrogen-bond acceptors (Lipinski definition) is 6. The number of nitrogens with one attached hydrogen (secondary N) is 2. The number of ketones is 1. The third-order valence-corrected chi connectivity index (χ3v) is 5.30. The zero-order valence-corrected chi connectivity index (χ0v) is 17.4.